The summed E-state index contributed by atoms with van der Waals surface area (Å²) in [4.78, 5) is 0.151. The standard InChI is InChI=1S/C17H19N5O3S/c1-2-25-12-15-8-6-14(7-9-15)11-19-26(23,24)17-5-3-4-16(10-17)22-13-18-20-21-22/h3-10,13,19H,2,11-12H2,1H3. The molecule has 0 saturated heterocycles. The largest absolute Gasteiger partial charge is 0.377 e. The number of benzene rings is 2. The van der Waals surface area contributed by atoms with Crippen LogP contribution in [0.2, 0.25) is 0 Å². The van der Waals surface area contributed by atoms with Gasteiger partial charge >= 0.3 is 0 Å². The van der Waals surface area contributed by atoms with Gasteiger partial charge in [0, 0.05) is 13.2 Å². The fraction of sp³-hybridized carbons (Fsp3) is 0.235. The van der Waals surface area contributed by atoms with Gasteiger partial charge in [0.2, 0.25) is 10.0 Å². The predicted octanol–water partition coefficient (Wildman–Crippen LogP) is 1.68. The molecule has 1 aromatic heterocycles. The molecule has 9 heteroatoms. The number of aromatic nitrogens is 4. The van der Waals surface area contributed by atoms with E-state index >= 15 is 0 Å². The van der Waals surface area contributed by atoms with Crippen molar-refractivity contribution in [2.24, 2.45) is 0 Å². The van der Waals surface area contributed by atoms with Crippen molar-refractivity contribution in [2.75, 3.05) is 6.61 Å². The monoisotopic (exact) mass is 373 g/mol. The molecule has 0 saturated carbocycles. The molecular weight excluding hydrogens is 354 g/mol. The van der Waals surface area contributed by atoms with E-state index in [0.717, 1.165) is 11.1 Å². The normalized spacial score (nSPS) is 11.6. The number of hydrogen-bond donors (Lipinski definition) is 1. The summed E-state index contributed by atoms with van der Waals surface area (Å²) in [5.74, 6) is 0. The van der Waals surface area contributed by atoms with Crippen LogP contribution in [0.4, 0.5) is 0 Å². The Kier molecular flexibility index (Phi) is 5.71. The lowest BCUT2D eigenvalue weighted by molar-refractivity contribution is 0.134. The number of nitrogens with one attached hydrogen (secondary N) is 1. The second-order valence-electron chi connectivity index (χ2n) is 5.53. The summed E-state index contributed by atoms with van der Waals surface area (Å²) in [5.41, 5.74) is 2.48. The smallest absolute Gasteiger partial charge is 0.240 e. The lowest BCUT2D eigenvalue weighted by atomic mass is 10.1. The molecule has 0 amide bonds. The molecule has 2 aromatic carbocycles. The van der Waals surface area contributed by atoms with Crippen LogP contribution < -0.4 is 4.72 Å². The Balaban J connectivity index is 1.68. The fourth-order valence-corrected chi connectivity index (χ4v) is 3.36. The van der Waals surface area contributed by atoms with E-state index in [1.807, 2.05) is 31.2 Å². The maximum absolute atomic E-state index is 12.5. The highest BCUT2D eigenvalue weighted by Crippen LogP contribution is 2.14. The number of tetrazole rings is 1. The van der Waals surface area contributed by atoms with Crippen LogP contribution in [0.15, 0.2) is 59.8 Å². The minimum absolute atomic E-state index is 0.151. The lowest BCUT2D eigenvalue weighted by Crippen LogP contribution is -2.23. The van der Waals surface area contributed by atoms with Gasteiger partial charge in [-0.15, -0.1) is 5.10 Å². The van der Waals surface area contributed by atoms with Crippen LogP contribution in [0.5, 0.6) is 0 Å². The van der Waals surface area contributed by atoms with Gasteiger partial charge in [-0.1, -0.05) is 30.3 Å². The van der Waals surface area contributed by atoms with Crippen molar-refractivity contribution >= 4 is 10.0 Å². The van der Waals surface area contributed by atoms with E-state index in [1.54, 1.807) is 12.1 Å². The number of rotatable bonds is 8. The van der Waals surface area contributed by atoms with E-state index in [-0.39, 0.29) is 11.4 Å². The van der Waals surface area contributed by atoms with Gasteiger partial charge in [-0.05, 0) is 46.7 Å². The van der Waals surface area contributed by atoms with E-state index in [2.05, 4.69) is 20.2 Å². The summed E-state index contributed by atoms with van der Waals surface area (Å²) in [6.07, 6.45) is 1.41. The summed E-state index contributed by atoms with van der Waals surface area (Å²) in [6.45, 7) is 3.35. The number of sulfonamides is 1. The van der Waals surface area contributed by atoms with Crippen LogP contribution in [-0.2, 0) is 27.9 Å². The summed E-state index contributed by atoms with van der Waals surface area (Å²) in [7, 11) is -3.65. The van der Waals surface area contributed by atoms with Crippen molar-refractivity contribution in [1.29, 1.82) is 0 Å². The molecule has 3 rings (SSSR count). The van der Waals surface area contributed by atoms with E-state index in [4.69, 9.17) is 4.74 Å². The van der Waals surface area contributed by atoms with Crippen LogP contribution in [-0.4, -0.2) is 35.2 Å². The van der Waals surface area contributed by atoms with Crippen molar-refractivity contribution in [3.8, 4) is 5.69 Å². The zero-order valence-corrected chi connectivity index (χ0v) is 15.1. The maximum Gasteiger partial charge on any atom is 0.240 e. The Bertz CT molecular complexity index is 941. The van der Waals surface area contributed by atoms with Crippen LogP contribution in [0.25, 0.3) is 5.69 Å². The average Bonchev–Trinajstić information content (AvgIpc) is 3.20. The maximum atomic E-state index is 12.5. The van der Waals surface area contributed by atoms with Gasteiger partial charge in [0.15, 0.2) is 0 Å². The molecule has 0 aliphatic rings. The lowest BCUT2D eigenvalue weighted by Gasteiger charge is -2.09. The molecule has 1 N–H and O–H groups in total. The van der Waals surface area contributed by atoms with E-state index < -0.39 is 10.0 Å². The first-order valence-electron chi connectivity index (χ1n) is 8.07. The quantitative estimate of drug-likeness (QED) is 0.645. The molecule has 0 radical (unpaired) electrons. The summed E-state index contributed by atoms with van der Waals surface area (Å²) >= 11 is 0. The second-order valence-corrected chi connectivity index (χ2v) is 7.30. The van der Waals surface area contributed by atoms with Crippen LogP contribution in [0, 0.1) is 0 Å². The highest BCUT2D eigenvalue weighted by molar-refractivity contribution is 7.89. The van der Waals surface area contributed by atoms with E-state index in [1.165, 1.54) is 23.1 Å². The molecule has 26 heavy (non-hydrogen) atoms. The third-order valence-corrected chi connectivity index (χ3v) is 5.10. The summed E-state index contributed by atoms with van der Waals surface area (Å²) in [6, 6.07) is 14.0. The number of nitrogens with zero attached hydrogens (tertiary/aromatic N) is 4. The van der Waals surface area contributed by atoms with Crippen molar-refractivity contribution in [3.63, 3.8) is 0 Å². The Morgan fingerprint density at radius 3 is 2.58 bits per heavy atom. The molecule has 0 aliphatic carbocycles. The highest BCUT2D eigenvalue weighted by Gasteiger charge is 2.15. The Morgan fingerprint density at radius 1 is 1.12 bits per heavy atom. The van der Waals surface area contributed by atoms with Gasteiger partial charge in [0.05, 0.1) is 17.2 Å². The topological polar surface area (TPSA) is 99.0 Å². The molecule has 0 bridgehead atoms. The first-order valence-corrected chi connectivity index (χ1v) is 9.55. The molecule has 1 heterocycles. The van der Waals surface area contributed by atoms with Crippen LogP contribution in [0.1, 0.15) is 18.1 Å². The summed E-state index contributed by atoms with van der Waals surface area (Å²) < 4.78 is 34.4. The SMILES string of the molecule is CCOCc1ccc(CNS(=O)(=O)c2cccc(-n3cnnn3)c2)cc1. The molecule has 8 nitrogen and oxygen atoms in total. The van der Waals surface area contributed by atoms with Crippen molar-refractivity contribution in [3.05, 3.63) is 66.0 Å². The van der Waals surface area contributed by atoms with Gasteiger partial charge in [-0.2, -0.15) is 0 Å². The van der Waals surface area contributed by atoms with Crippen LogP contribution >= 0.6 is 0 Å². The fourth-order valence-electron chi connectivity index (χ4n) is 2.31. The minimum atomic E-state index is -3.65. The average molecular weight is 373 g/mol. The Hall–Kier alpha value is -2.62. The molecule has 0 aliphatic heterocycles. The molecule has 0 fully saturated rings. The van der Waals surface area contributed by atoms with Gasteiger partial charge in [-0.25, -0.2) is 17.8 Å². The Labute approximate surface area is 151 Å². The van der Waals surface area contributed by atoms with Crippen LogP contribution in [0.3, 0.4) is 0 Å². The zero-order chi connectivity index (χ0) is 18.4. The molecule has 0 spiro atoms. The van der Waals surface area contributed by atoms with Gasteiger partial charge in [-0.3, -0.25) is 0 Å². The predicted molar refractivity (Wildman–Crippen MR) is 95.0 cm³/mol. The first-order chi connectivity index (χ1) is 12.6. The second kappa shape index (κ2) is 8.17. The molecule has 136 valence electrons. The number of ether oxygens (including phenoxy) is 1. The van der Waals surface area contributed by atoms with Gasteiger partial charge in [0.25, 0.3) is 0 Å². The van der Waals surface area contributed by atoms with Crippen molar-refractivity contribution in [2.45, 2.75) is 25.0 Å². The van der Waals surface area contributed by atoms with Gasteiger partial charge < -0.3 is 4.74 Å². The van der Waals surface area contributed by atoms with Crippen molar-refractivity contribution < 1.29 is 13.2 Å². The molecule has 3 aromatic rings. The van der Waals surface area contributed by atoms with E-state index in [0.29, 0.717) is 18.9 Å². The number of hydrogen-bond acceptors (Lipinski definition) is 6. The third kappa shape index (κ3) is 4.51. The molecular formula is C17H19N5O3S. The zero-order valence-electron chi connectivity index (χ0n) is 14.2. The highest BCUT2D eigenvalue weighted by atomic mass is 32.2. The molecule has 0 unspecified atom stereocenters. The molecule has 0 atom stereocenters. The van der Waals surface area contributed by atoms with E-state index in [9.17, 15) is 8.42 Å². The van der Waals surface area contributed by atoms with Crippen molar-refractivity contribution in [1.82, 2.24) is 24.9 Å². The minimum Gasteiger partial charge on any atom is -0.377 e. The Morgan fingerprint density at radius 2 is 1.88 bits per heavy atom. The summed E-state index contributed by atoms with van der Waals surface area (Å²) in [5, 5.41) is 10.9. The first kappa shape index (κ1) is 18.2. The van der Waals surface area contributed by atoms with Gasteiger partial charge in [0.1, 0.15) is 6.33 Å². The third-order valence-electron chi connectivity index (χ3n) is 3.70.